The van der Waals surface area contributed by atoms with E-state index in [2.05, 4.69) is 172 Å². The van der Waals surface area contributed by atoms with Gasteiger partial charge in [-0.3, -0.25) is 18.6 Å². The number of phosphoric ester groups is 1. The van der Waals surface area contributed by atoms with Crippen LogP contribution in [0.1, 0.15) is 322 Å². The largest absolute Gasteiger partial charge is 0.472 e. The van der Waals surface area contributed by atoms with Crippen LogP contribution in [-0.4, -0.2) is 49.3 Å². The monoisotopic (exact) mass is 1310 g/mol. The van der Waals surface area contributed by atoms with Gasteiger partial charge in [0.15, 0.2) is 6.10 Å². The first-order chi connectivity index (χ1) is 45.8. The molecule has 0 aliphatic carbocycles. The van der Waals surface area contributed by atoms with E-state index in [4.69, 9.17) is 24.3 Å². The Hall–Kier alpha value is -4.37. The Balaban J connectivity index is 3.88. The van der Waals surface area contributed by atoms with Crippen LogP contribution in [0.15, 0.2) is 158 Å². The van der Waals surface area contributed by atoms with Crippen LogP contribution in [0, 0.1) is 0 Å². The summed E-state index contributed by atoms with van der Waals surface area (Å²) < 4.78 is 33.2. The number of carbonyl (C=O) groups excluding carboxylic acids is 2. The normalized spacial score (nSPS) is 13.8. The molecule has 0 aromatic heterocycles. The topological polar surface area (TPSA) is 134 Å². The lowest BCUT2D eigenvalue weighted by molar-refractivity contribution is -0.161. The Kier molecular flexibility index (Phi) is 73.0. The molecule has 0 amide bonds. The average Bonchev–Trinajstić information content (AvgIpc) is 3.32. The fraction of sp³-hybridized carbons (Fsp3) is 0.663. The molecule has 530 valence electrons. The molecule has 0 aromatic carbocycles. The molecule has 0 spiro atoms. The maximum absolute atomic E-state index is 12.8. The molecule has 0 saturated heterocycles. The van der Waals surface area contributed by atoms with Gasteiger partial charge < -0.3 is 20.1 Å². The van der Waals surface area contributed by atoms with Crippen LogP contribution >= 0.6 is 7.82 Å². The first-order valence-electron chi connectivity index (χ1n) is 38.0. The van der Waals surface area contributed by atoms with Gasteiger partial charge in [-0.2, -0.15) is 0 Å². The maximum Gasteiger partial charge on any atom is 0.472 e. The number of hydrogen-bond acceptors (Lipinski definition) is 8. The highest BCUT2D eigenvalue weighted by Gasteiger charge is 2.26. The predicted octanol–water partition coefficient (Wildman–Crippen LogP) is 25.5. The second-order valence-electron chi connectivity index (χ2n) is 24.8. The number of hydrogen-bond donors (Lipinski definition) is 2. The van der Waals surface area contributed by atoms with E-state index in [0.717, 1.165) is 135 Å². The maximum atomic E-state index is 12.8. The molecule has 0 bridgehead atoms. The Bertz CT molecular complexity index is 2090. The van der Waals surface area contributed by atoms with Crippen molar-refractivity contribution in [3.8, 4) is 0 Å². The van der Waals surface area contributed by atoms with Gasteiger partial charge >= 0.3 is 19.8 Å². The summed E-state index contributed by atoms with van der Waals surface area (Å²) in [5, 5.41) is 0. The highest BCUT2D eigenvalue weighted by atomic mass is 31.2. The van der Waals surface area contributed by atoms with Crippen molar-refractivity contribution in [1.29, 1.82) is 0 Å². The van der Waals surface area contributed by atoms with Gasteiger partial charge in [-0.1, -0.05) is 345 Å². The second kappa shape index (κ2) is 76.6. The van der Waals surface area contributed by atoms with Gasteiger partial charge in [0, 0.05) is 19.4 Å². The van der Waals surface area contributed by atoms with Crippen LogP contribution in [-0.2, 0) is 32.7 Å². The summed E-state index contributed by atoms with van der Waals surface area (Å²) in [7, 11) is -4.41. The molecule has 0 saturated carbocycles. The number of ether oxygens (including phenoxy) is 2. The van der Waals surface area contributed by atoms with Crippen LogP contribution < -0.4 is 5.73 Å². The van der Waals surface area contributed by atoms with Crippen LogP contribution in [0.2, 0.25) is 0 Å². The number of rotatable bonds is 70. The molecule has 0 aliphatic rings. The molecule has 2 atom stereocenters. The average molecular weight is 1310 g/mol. The molecule has 0 radical (unpaired) electrons. The minimum Gasteiger partial charge on any atom is -0.462 e. The molecule has 10 heteroatoms. The van der Waals surface area contributed by atoms with E-state index in [9.17, 15) is 19.0 Å². The number of esters is 2. The fourth-order valence-electron chi connectivity index (χ4n) is 10.4. The van der Waals surface area contributed by atoms with E-state index >= 15 is 0 Å². The Morgan fingerprint density at radius 1 is 0.323 bits per heavy atom. The lowest BCUT2D eigenvalue weighted by Gasteiger charge is -2.19. The van der Waals surface area contributed by atoms with Crippen molar-refractivity contribution < 1.29 is 37.6 Å². The van der Waals surface area contributed by atoms with Gasteiger partial charge in [0.25, 0.3) is 0 Å². The van der Waals surface area contributed by atoms with Crippen molar-refractivity contribution in [1.82, 2.24) is 0 Å². The van der Waals surface area contributed by atoms with Gasteiger partial charge in [0.05, 0.1) is 13.2 Å². The smallest absolute Gasteiger partial charge is 0.462 e. The SMILES string of the molecule is CC/C=C\C/C=C\C/C=C\C/C=C\C/C=C\C/C=C\C/C=C\C/C=C\C/C=C\CCCCCCCC(=O)OC(COC(=O)CCCCCCCCCCCCCCCCCCCCCCCCCCCC/C=C\C/C=C\C/C=C\C/C=C\CC)COP(=O)(O)OCCN. The Morgan fingerprint density at radius 2 is 0.559 bits per heavy atom. The zero-order chi connectivity index (χ0) is 67.2. The second-order valence-corrected chi connectivity index (χ2v) is 26.2. The van der Waals surface area contributed by atoms with Crippen LogP contribution in [0.4, 0.5) is 0 Å². The summed E-state index contributed by atoms with van der Waals surface area (Å²) in [4.78, 5) is 35.4. The number of allylic oxidation sites excluding steroid dienone is 26. The van der Waals surface area contributed by atoms with Crippen molar-refractivity contribution >= 4 is 19.8 Å². The lowest BCUT2D eigenvalue weighted by Crippen LogP contribution is -2.29. The van der Waals surface area contributed by atoms with Crippen LogP contribution in [0.5, 0.6) is 0 Å². The van der Waals surface area contributed by atoms with E-state index in [0.29, 0.717) is 6.42 Å². The van der Waals surface area contributed by atoms with Gasteiger partial charge in [-0.25, -0.2) is 4.57 Å². The van der Waals surface area contributed by atoms with E-state index in [-0.39, 0.29) is 38.6 Å². The summed E-state index contributed by atoms with van der Waals surface area (Å²) in [6.45, 7) is 3.51. The zero-order valence-corrected chi connectivity index (χ0v) is 60.6. The molecule has 0 fully saturated rings. The van der Waals surface area contributed by atoms with Crippen molar-refractivity contribution in [2.45, 2.75) is 328 Å². The third kappa shape index (κ3) is 76.5. The molecule has 9 nitrogen and oxygen atoms in total. The molecule has 93 heavy (non-hydrogen) atoms. The minimum atomic E-state index is -4.41. The Labute approximate surface area is 572 Å². The number of phosphoric acid groups is 1. The van der Waals surface area contributed by atoms with Crippen LogP contribution in [0.3, 0.4) is 0 Å². The van der Waals surface area contributed by atoms with E-state index in [1.807, 2.05) is 0 Å². The first kappa shape index (κ1) is 88.6. The van der Waals surface area contributed by atoms with Gasteiger partial charge in [0.2, 0.25) is 0 Å². The zero-order valence-electron chi connectivity index (χ0n) is 59.7. The van der Waals surface area contributed by atoms with E-state index < -0.39 is 26.5 Å². The molecule has 0 aromatic rings. The summed E-state index contributed by atoms with van der Waals surface area (Å²) in [5.41, 5.74) is 5.41. The summed E-state index contributed by atoms with van der Waals surface area (Å²) >= 11 is 0. The fourth-order valence-corrected chi connectivity index (χ4v) is 11.2. The van der Waals surface area contributed by atoms with Gasteiger partial charge in [0.1, 0.15) is 6.61 Å². The molecule has 2 unspecified atom stereocenters. The molecule has 3 N–H and O–H groups in total. The third-order valence-electron chi connectivity index (χ3n) is 15.9. The highest BCUT2D eigenvalue weighted by Crippen LogP contribution is 2.43. The molecular weight excluding hydrogens is 1170 g/mol. The van der Waals surface area contributed by atoms with Gasteiger partial charge in [-0.15, -0.1) is 0 Å². The first-order valence-corrected chi connectivity index (χ1v) is 39.5. The van der Waals surface area contributed by atoms with Crippen molar-refractivity contribution in [2.24, 2.45) is 5.73 Å². The number of unbranched alkanes of at least 4 members (excludes halogenated alkanes) is 31. The standard InChI is InChI=1S/C83H140NO8P/c1-3-5-7-9-11-13-15-17-19-21-23-25-27-29-31-33-35-37-38-39-40-41-42-44-45-47-49-51-53-55-57-59-61-63-65-67-69-71-73-75-82(85)89-79-81(80-91-93(87,88)90-78-77-84)92-83(86)76-74-72-70-68-66-64-62-60-58-56-54-52-50-48-46-43-36-34-32-30-28-26-24-22-20-18-16-14-12-10-8-6-4-2/h5-8,11-14,17-20,23-26,30,32,36,43,48,50,54,56,60,62,81H,3-4,9-10,15-16,21-22,27-29,31,33-35,37-42,44-47,49,51-53,55,57-59,61,63-80,84H2,1-2H3,(H,87,88)/b7-5-,8-6-,13-11-,14-12-,19-17-,20-18-,25-23-,26-24-,32-30-,43-36-,50-48-,56-54-,62-60-. The molecule has 0 heterocycles. The molecule has 0 rings (SSSR count). The summed E-state index contributed by atoms with van der Waals surface area (Å²) in [5.74, 6) is -0.848. The van der Waals surface area contributed by atoms with Crippen LogP contribution in [0.25, 0.3) is 0 Å². The quantitative estimate of drug-likeness (QED) is 0.0264. The van der Waals surface area contributed by atoms with Crippen molar-refractivity contribution in [3.05, 3.63) is 158 Å². The summed E-state index contributed by atoms with van der Waals surface area (Å²) in [6.07, 6.45) is 112. The summed E-state index contributed by atoms with van der Waals surface area (Å²) in [6, 6.07) is 0. The lowest BCUT2D eigenvalue weighted by atomic mass is 10.0. The van der Waals surface area contributed by atoms with Gasteiger partial charge in [-0.05, 0) is 122 Å². The van der Waals surface area contributed by atoms with E-state index in [1.165, 1.54) is 154 Å². The van der Waals surface area contributed by atoms with Crippen molar-refractivity contribution in [3.63, 3.8) is 0 Å². The number of nitrogens with two attached hydrogens (primary N) is 1. The minimum absolute atomic E-state index is 0.0439. The van der Waals surface area contributed by atoms with Crippen molar-refractivity contribution in [2.75, 3.05) is 26.4 Å². The Morgan fingerprint density at radius 3 is 0.828 bits per heavy atom. The molecule has 0 aliphatic heterocycles. The number of carbonyl (C=O) groups is 2. The van der Waals surface area contributed by atoms with E-state index in [1.54, 1.807) is 0 Å². The third-order valence-corrected chi connectivity index (χ3v) is 16.9. The highest BCUT2D eigenvalue weighted by molar-refractivity contribution is 7.47. The molecular formula is C83H140NO8P. The predicted molar refractivity (Wildman–Crippen MR) is 403 cm³/mol.